The van der Waals surface area contributed by atoms with Gasteiger partial charge in [0.1, 0.15) is 12.3 Å². The van der Waals surface area contributed by atoms with Crippen molar-refractivity contribution in [1.29, 1.82) is 0 Å². The highest BCUT2D eigenvalue weighted by Gasteiger charge is 2.37. The fourth-order valence-corrected chi connectivity index (χ4v) is 1.71. The van der Waals surface area contributed by atoms with Gasteiger partial charge in [0.25, 0.3) is 0 Å². The first-order valence-corrected chi connectivity index (χ1v) is 5.65. The van der Waals surface area contributed by atoms with Crippen LogP contribution >= 0.6 is 0 Å². The molecule has 0 spiro atoms. The van der Waals surface area contributed by atoms with Gasteiger partial charge in [-0.25, -0.2) is 0 Å². The van der Waals surface area contributed by atoms with Crippen molar-refractivity contribution >= 4 is 0 Å². The van der Waals surface area contributed by atoms with E-state index < -0.39 is 11.9 Å². The normalized spacial score (nSPS) is 11.8. The second-order valence-electron chi connectivity index (χ2n) is 3.96. The lowest BCUT2D eigenvalue weighted by Gasteiger charge is -2.10. The minimum atomic E-state index is -4.45. The molecule has 2 rings (SSSR count). The maximum absolute atomic E-state index is 12.8. The number of aromatic nitrogens is 4. The summed E-state index contributed by atoms with van der Waals surface area (Å²) < 4.78 is 46.1. The molecular weight excluding hydrogens is 261 g/mol. The topological polar surface area (TPSA) is 44.9 Å². The lowest BCUT2D eigenvalue weighted by atomic mass is 10.2. The quantitative estimate of drug-likeness (QED) is 0.858. The summed E-state index contributed by atoms with van der Waals surface area (Å²) in [7, 11) is 1.25. The molecule has 0 unspecified atom stereocenters. The third kappa shape index (κ3) is 2.88. The van der Waals surface area contributed by atoms with Crippen LogP contribution in [-0.4, -0.2) is 19.6 Å². The zero-order chi connectivity index (χ0) is 14.0. The van der Waals surface area contributed by atoms with Gasteiger partial charge in [-0.05, 0) is 6.92 Å². The number of halogens is 3. The Balaban J connectivity index is 2.12. The maximum atomic E-state index is 12.8. The van der Waals surface area contributed by atoms with Crippen LogP contribution in [0.4, 0.5) is 13.2 Å². The molecule has 0 bridgehead atoms. The first-order chi connectivity index (χ1) is 8.91. The molecule has 0 N–H and O–H groups in total. The van der Waals surface area contributed by atoms with Crippen molar-refractivity contribution in [2.45, 2.75) is 26.3 Å². The van der Waals surface area contributed by atoms with Crippen LogP contribution in [-0.2, 0) is 26.4 Å². The van der Waals surface area contributed by atoms with Crippen LogP contribution in [0, 0.1) is 0 Å². The molecule has 2 aromatic heterocycles. The van der Waals surface area contributed by atoms with E-state index in [-0.39, 0.29) is 12.2 Å². The van der Waals surface area contributed by atoms with Gasteiger partial charge in [-0.1, -0.05) is 0 Å². The Kier molecular flexibility index (Phi) is 3.50. The lowest BCUT2D eigenvalue weighted by Crippen LogP contribution is -2.15. The lowest BCUT2D eigenvalue weighted by molar-refractivity contribution is -0.144. The van der Waals surface area contributed by atoms with Crippen molar-refractivity contribution in [3.8, 4) is 5.75 Å². The minimum absolute atomic E-state index is 0.000696. The highest BCUT2D eigenvalue weighted by atomic mass is 19.4. The minimum Gasteiger partial charge on any atom is -0.485 e. The van der Waals surface area contributed by atoms with E-state index in [2.05, 4.69) is 10.2 Å². The third-order valence-electron chi connectivity index (χ3n) is 2.61. The second-order valence-corrected chi connectivity index (χ2v) is 3.96. The van der Waals surface area contributed by atoms with E-state index in [0.29, 0.717) is 12.3 Å². The van der Waals surface area contributed by atoms with Crippen molar-refractivity contribution in [3.63, 3.8) is 0 Å². The first kappa shape index (κ1) is 13.4. The van der Waals surface area contributed by atoms with Crippen LogP contribution in [0.3, 0.4) is 0 Å². The molecule has 8 heteroatoms. The molecular formula is C11H13F3N4O. The summed E-state index contributed by atoms with van der Waals surface area (Å²) in [5, 5.41) is 7.58. The summed E-state index contributed by atoms with van der Waals surface area (Å²) in [6.45, 7) is 2.38. The summed E-state index contributed by atoms with van der Waals surface area (Å²) in [6, 6.07) is 0. The Morgan fingerprint density at radius 1 is 1.26 bits per heavy atom. The zero-order valence-electron chi connectivity index (χ0n) is 10.5. The molecule has 104 valence electrons. The molecule has 2 aromatic rings. The summed E-state index contributed by atoms with van der Waals surface area (Å²) in [5.41, 5.74) is -0.797. The predicted octanol–water partition coefficient (Wildman–Crippen LogP) is 2.23. The molecule has 0 aliphatic carbocycles. The fraction of sp³-hybridized carbons (Fsp3) is 0.455. The van der Waals surface area contributed by atoms with E-state index in [9.17, 15) is 13.2 Å². The maximum Gasteiger partial charge on any atom is 0.433 e. The number of ether oxygens (including phenoxy) is 1. The van der Waals surface area contributed by atoms with Crippen LogP contribution < -0.4 is 4.74 Å². The third-order valence-corrected chi connectivity index (χ3v) is 2.61. The predicted molar refractivity (Wildman–Crippen MR) is 60.4 cm³/mol. The largest absolute Gasteiger partial charge is 0.485 e. The summed E-state index contributed by atoms with van der Waals surface area (Å²) in [4.78, 5) is 0. The summed E-state index contributed by atoms with van der Waals surface area (Å²) in [6.07, 6.45) is -0.193. The van der Waals surface area contributed by atoms with Gasteiger partial charge in [0, 0.05) is 19.2 Å². The standard InChI is InChI=1S/C11H13F3N4O/c1-3-18-6-9(5-16-18)19-7-8-4-15-17(2)10(8)11(12,13)14/h4-6H,3,7H2,1-2H3. The number of aryl methyl sites for hydroxylation is 2. The van der Waals surface area contributed by atoms with E-state index in [1.54, 1.807) is 10.9 Å². The average molecular weight is 274 g/mol. The Bertz CT molecular complexity index is 559. The number of hydrogen-bond donors (Lipinski definition) is 0. The van der Waals surface area contributed by atoms with E-state index >= 15 is 0 Å². The molecule has 0 fully saturated rings. The van der Waals surface area contributed by atoms with Gasteiger partial charge in [-0.3, -0.25) is 9.36 Å². The second kappa shape index (κ2) is 4.94. The summed E-state index contributed by atoms with van der Waals surface area (Å²) in [5.74, 6) is 0.429. The highest BCUT2D eigenvalue weighted by molar-refractivity contribution is 5.21. The Morgan fingerprint density at radius 3 is 2.58 bits per heavy atom. The Labute approximate surface area is 107 Å². The van der Waals surface area contributed by atoms with Gasteiger partial charge in [0.05, 0.1) is 18.6 Å². The van der Waals surface area contributed by atoms with E-state index in [1.165, 1.54) is 13.2 Å². The number of hydrogen-bond acceptors (Lipinski definition) is 3. The number of alkyl halides is 3. The molecule has 0 radical (unpaired) electrons. The van der Waals surface area contributed by atoms with Gasteiger partial charge < -0.3 is 4.74 Å². The van der Waals surface area contributed by atoms with Crippen LogP contribution in [0.5, 0.6) is 5.75 Å². The molecule has 0 saturated heterocycles. The molecule has 0 atom stereocenters. The van der Waals surface area contributed by atoms with Gasteiger partial charge in [0.2, 0.25) is 0 Å². The van der Waals surface area contributed by atoms with Gasteiger partial charge >= 0.3 is 6.18 Å². The molecule has 2 heterocycles. The zero-order valence-corrected chi connectivity index (χ0v) is 10.5. The Hall–Kier alpha value is -1.99. The Morgan fingerprint density at radius 2 is 2.00 bits per heavy atom. The van der Waals surface area contributed by atoms with Gasteiger partial charge in [0.15, 0.2) is 5.75 Å². The van der Waals surface area contributed by atoms with Crippen molar-refractivity contribution in [3.05, 3.63) is 29.8 Å². The monoisotopic (exact) mass is 274 g/mol. The van der Waals surface area contributed by atoms with E-state index in [0.717, 1.165) is 10.9 Å². The number of nitrogens with zero attached hydrogens (tertiary/aromatic N) is 4. The SMILES string of the molecule is CCn1cc(OCc2cnn(C)c2C(F)(F)F)cn1. The van der Waals surface area contributed by atoms with Crippen LogP contribution in [0.2, 0.25) is 0 Å². The molecule has 5 nitrogen and oxygen atoms in total. The van der Waals surface area contributed by atoms with Crippen LogP contribution in [0.15, 0.2) is 18.6 Å². The van der Waals surface area contributed by atoms with Crippen LogP contribution in [0.1, 0.15) is 18.2 Å². The molecule has 0 amide bonds. The molecule has 0 aromatic carbocycles. The van der Waals surface area contributed by atoms with Crippen LogP contribution in [0.25, 0.3) is 0 Å². The molecule has 0 saturated carbocycles. The molecule has 0 aliphatic heterocycles. The molecule has 0 aliphatic rings. The number of rotatable bonds is 4. The fourth-order valence-electron chi connectivity index (χ4n) is 1.71. The summed E-state index contributed by atoms with van der Waals surface area (Å²) >= 11 is 0. The van der Waals surface area contributed by atoms with Gasteiger partial charge in [-0.2, -0.15) is 23.4 Å². The van der Waals surface area contributed by atoms with Crippen molar-refractivity contribution < 1.29 is 17.9 Å². The highest BCUT2D eigenvalue weighted by Crippen LogP contribution is 2.31. The van der Waals surface area contributed by atoms with E-state index in [4.69, 9.17) is 4.74 Å². The smallest absolute Gasteiger partial charge is 0.433 e. The first-order valence-electron chi connectivity index (χ1n) is 5.65. The van der Waals surface area contributed by atoms with Crippen molar-refractivity contribution in [1.82, 2.24) is 19.6 Å². The van der Waals surface area contributed by atoms with E-state index in [1.807, 2.05) is 6.92 Å². The van der Waals surface area contributed by atoms with Crippen molar-refractivity contribution in [2.75, 3.05) is 0 Å². The average Bonchev–Trinajstić information content (AvgIpc) is 2.91. The van der Waals surface area contributed by atoms with Gasteiger partial charge in [-0.15, -0.1) is 0 Å². The van der Waals surface area contributed by atoms with Crippen molar-refractivity contribution in [2.24, 2.45) is 7.05 Å². The molecule has 19 heavy (non-hydrogen) atoms.